The first kappa shape index (κ1) is 18.5. The van der Waals surface area contributed by atoms with Gasteiger partial charge in [-0.3, -0.25) is 4.79 Å². The number of halogens is 2. The zero-order valence-corrected chi connectivity index (χ0v) is 16.1. The van der Waals surface area contributed by atoms with Crippen molar-refractivity contribution < 1.29 is 14.3 Å². The van der Waals surface area contributed by atoms with Crippen molar-refractivity contribution in [2.75, 3.05) is 19.1 Å². The van der Waals surface area contributed by atoms with Crippen LogP contribution in [-0.2, 0) is 11.2 Å². The Labute approximate surface area is 162 Å². The number of hydrogen-bond donors (Lipinski definition) is 0. The van der Waals surface area contributed by atoms with Crippen LogP contribution < -0.4 is 9.64 Å². The van der Waals surface area contributed by atoms with Crippen molar-refractivity contribution in [3.63, 3.8) is 0 Å². The molecule has 0 N–H and O–H groups in total. The molecule has 3 amide bonds. The maximum Gasteiger partial charge on any atom is 0.332 e. The summed E-state index contributed by atoms with van der Waals surface area (Å²) in [5.74, 6) is 0.412. The number of anilines is 1. The Morgan fingerprint density at radius 1 is 1.04 bits per heavy atom. The standard InChI is InChI=1S/C19H18Cl2N2O3/c1-19(11-12-4-6-16(26-3)7-5-12)17(24)23(18(25)22(19)2)15-9-13(20)8-14(21)10-15/h4-10H,11H2,1-3H3. The van der Waals surface area contributed by atoms with Crippen molar-refractivity contribution in [3.05, 3.63) is 58.1 Å². The van der Waals surface area contributed by atoms with Crippen molar-refractivity contribution in [1.29, 1.82) is 0 Å². The van der Waals surface area contributed by atoms with Crippen LogP contribution in [0.25, 0.3) is 0 Å². The predicted octanol–water partition coefficient (Wildman–Crippen LogP) is 4.40. The number of rotatable bonds is 4. The van der Waals surface area contributed by atoms with Gasteiger partial charge >= 0.3 is 6.03 Å². The lowest BCUT2D eigenvalue weighted by atomic mass is 9.91. The van der Waals surface area contributed by atoms with E-state index in [9.17, 15) is 9.59 Å². The lowest BCUT2D eigenvalue weighted by Gasteiger charge is -2.28. The highest BCUT2D eigenvalue weighted by molar-refractivity contribution is 6.35. The second-order valence-corrected chi connectivity index (χ2v) is 7.28. The third kappa shape index (κ3) is 3.13. The lowest BCUT2D eigenvalue weighted by Crippen LogP contribution is -2.47. The molecule has 5 nitrogen and oxygen atoms in total. The third-order valence-corrected chi connectivity index (χ3v) is 5.13. The fourth-order valence-electron chi connectivity index (χ4n) is 3.06. The van der Waals surface area contributed by atoms with Crippen LogP contribution in [0, 0.1) is 0 Å². The number of carbonyl (C=O) groups is 2. The van der Waals surface area contributed by atoms with Crippen molar-refractivity contribution in [3.8, 4) is 5.75 Å². The van der Waals surface area contributed by atoms with Gasteiger partial charge in [-0.1, -0.05) is 35.3 Å². The van der Waals surface area contributed by atoms with Gasteiger partial charge in [-0.2, -0.15) is 0 Å². The highest BCUT2D eigenvalue weighted by Crippen LogP contribution is 2.36. The zero-order valence-electron chi connectivity index (χ0n) is 14.6. The SMILES string of the molecule is COc1ccc(CC2(C)C(=O)N(c3cc(Cl)cc(Cl)c3)C(=O)N2C)cc1. The monoisotopic (exact) mass is 392 g/mol. The van der Waals surface area contributed by atoms with Gasteiger partial charge in [-0.15, -0.1) is 0 Å². The number of benzene rings is 2. The Hall–Kier alpha value is -2.24. The van der Waals surface area contributed by atoms with E-state index in [-0.39, 0.29) is 5.91 Å². The van der Waals surface area contributed by atoms with E-state index in [1.54, 1.807) is 39.3 Å². The highest BCUT2D eigenvalue weighted by Gasteiger charge is 2.53. The number of urea groups is 1. The first-order chi connectivity index (χ1) is 12.3. The summed E-state index contributed by atoms with van der Waals surface area (Å²) < 4.78 is 5.16. The fraction of sp³-hybridized carbons (Fsp3) is 0.263. The molecule has 7 heteroatoms. The number of ether oxygens (including phenoxy) is 1. The van der Waals surface area contributed by atoms with Gasteiger partial charge in [0.25, 0.3) is 5.91 Å². The first-order valence-electron chi connectivity index (χ1n) is 7.97. The van der Waals surface area contributed by atoms with Gasteiger partial charge in [0.05, 0.1) is 12.8 Å². The van der Waals surface area contributed by atoms with E-state index in [1.165, 1.54) is 4.90 Å². The largest absolute Gasteiger partial charge is 0.497 e. The molecule has 2 aromatic rings. The van der Waals surface area contributed by atoms with Gasteiger partial charge in [0.15, 0.2) is 0 Å². The Morgan fingerprint density at radius 3 is 2.15 bits per heavy atom. The second-order valence-electron chi connectivity index (χ2n) is 6.41. The summed E-state index contributed by atoms with van der Waals surface area (Å²) >= 11 is 12.1. The summed E-state index contributed by atoms with van der Waals surface area (Å²) in [7, 11) is 3.22. The molecule has 0 saturated carbocycles. The Morgan fingerprint density at radius 2 is 1.62 bits per heavy atom. The predicted molar refractivity (Wildman–Crippen MR) is 102 cm³/mol. The van der Waals surface area contributed by atoms with Crippen LogP contribution in [0.2, 0.25) is 10.0 Å². The van der Waals surface area contributed by atoms with Gasteiger partial charge in [-0.25, -0.2) is 9.69 Å². The number of nitrogens with zero attached hydrogens (tertiary/aromatic N) is 2. The summed E-state index contributed by atoms with van der Waals surface area (Å²) in [6.07, 6.45) is 0.378. The minimum atomic E-state index is -1.01. The van der Waals surface area contributed by atoms with E-state index < -0.39 is 11.6 Å². The molecule has 1 atom stereocenters. The Bertz CT molecular complexity index is 849. The van der Waals surface area contributed by atoms with Crippen molar-refractivity contribution in [2.24, 2.45) is 0 Å². The van der Waals surface area contributed by atoms with E-state index >= 15 is 0 Å². The zero-order chi connectivity index (χ0) is 19.1. The fourth-order valence-corrected chi connectivity index (χ4v) is 3.58. The van der Waals surface area contributed by atoms with Crippen LogP contribution in [0.1, 0.15) is 12.5 Å². The number of likely N-dealkylation sites (N-methyl/N-ethyl adjacent to an activating group) is 1. The number of imide groups is 1. The van der Waals surface area contributed by atoms with Gasteiger partial charge in [0.1, 0.15) is 11.3 Å². The van der Waals surface area contributed by atoms with Crippen molar-refractivity contribution >= 4 is 40.8 Å². The molecule has 26 heavy (non-hydrogen) atoms. The average molecular weight is 393 g/mol. The second kappa shape index (κ2) is 6.82. The van der Waals surface area contributed by atoms with E-state index in [1.807, 2.05) is 24.3 Å². The Kier molecular flexibility index (Phi) is 4.86. The topological polar surface area (TPSA) is 49.9 Å². The van der Waals surface area contributed by atoms with Gasteiger partial charge < -0.3 is 9.64 Å². The summed E-state index contributed by atoms with van der Waals surface area (Å²) in [5, 5.41) is 0.721. The molecule has 1 fully saturated rings. The minimum Gasteiger partial charge on any atom is -0.497 e. The van der Waals surface area contributed by atoms with Crippen LogP contribution in [-0.4, -0.2) is 36.5 Å². The molecule has 136 valence electrons. The Balaban J connectivity index is 1.95. The maximum absolute atomic E-state index is 13.2. The van der Waals surface area contributed by atoms with E-state index in [0.29, 0.717) is 22.2 Å². The first-order valence-corrected chi connectivity index (χ1v) is 8.73. The van der Waals surface area contributed by atoms with E-state index in [0.717, 1.165) is 16.2 Å². The average Bonchev–Trinajstić information content (AvgIpc) is 2.75. The van der Waals surface area contributed by atoms with Crippen LogP contribution in [0.4, 0.5) is 10.5 Å². The molecule has 2 aromatic carbocycles. The number of amides is 3. The summed E-state index contributed by atoms with van der Waals surface area (Å²) in [4.78, 5) is 28.5. The summed E-state index contributed by atoms with van der Waals surface area (Å²) in [6, 6.07) is 11.7. The number of carbonyl (C=O) groups excluding carboxylic acids is 2. The number of methoxy groups -OCH3 is 1. The summed E-state index contributed by atoms with van der Waals surface area (Å²) in [5.41, 5.74) is 0.274. The van der Waals surface area contributed by atoms with Crippen molar-refractivity contribution in [2.45, 2.75) is 18.9 Å². The molecule has 1 saturated heterocycles. The highest BCUT2D eigenvalue weighted by atomic mass is 35.5. The molecular formula is C19H18Cl2N2O3. The molecule has 1 aliphatic rings. The summed E-state index contributed by atoms with van der Waals surface area (Å²) in [6.45, 7) is 1.75. The normalized spacial score (nSPS) is 20.0. The van der Waals surface area contributed by atoms with Gasteiger partial charge in [-0.05, 0) is 42.8 Å². The molecule has 0 spiro atoms. The van der Waals surface area contributed by atoms with Crippen molar-refractivity contribution in [1.82, 2.24) is 4.90 Å². The molecule has 1 heterocycles. The molecule has 0 bridgehead atoms. The van der Waals surface area contributed by atoms with Crippen LogP contribution in [0.3, 0.4) is 0 Å². The smallest absolute Gasteiger partial charge is 0.332 e. The molecule has 1 aliphatic heterocycles. The molecule has 0 aliphatic carbocycles. The lowest BCUT2D eigenvalue weighted by molar-refractivity contribution is -0.123. The van der Waals surface area contributed by atoms with Crippen LogP contribution >= 0.6 is 23.2 Å². The number of hydrogen-bond acceptors (Lipinski definition) is 3. The van der Waals surface area contributed by atoms with Crippen LogP contribution in [0.5, 0.6) is 5.75 Å². The van der Waals surface area contributed by atoms with Crippen LogP contribution in [0.15, 0.2) is 42.5 Å². The van der Waals surface area contributed by atoms with Gasteiger partial charge in [0, 0.05) is 23.5 Å². The van der Waals surface area contributed by atoms with E-state index in [2.05, 4.69) is 0 Å². The molecule has 0 radical (unpaired) electrons. The minimum absolute atomic E-state index is 0.320. The van der Waals surface area contributed by atoms with Gasteiger partial charge in [0.2, 0.25) is 0 Å². The molecular weight excluding hydrogens is 375 g/mol. The molecule has 3 rings (SSSR count). The maximum atomic E-state index is 13.2. The third-order valence-electron chi connectivity index (χ3n) is 4.70. The quantitative estimate of drug-likeness (QED) is 0.724. The molecule has 0 aromatic heterocycles. The van der Waals surface area contributed by atoms with E-state index in [4.69, 9.17) is 27.9 Å². The molecule has 1 unspecified atom stereocenters.